The van der Waals surface area contributed by atoms with E-state index in [1.54, 1.807) is 59.5 Å². The monoisotopic (exact) mass is 460 g/mol. The highest BCUT2D eigenvalue weighted by Gasteiger charge is 2.17. The number of hydrogen-bond acceptors (Lipinski definition) is 5. The number of primary amides is 1. The maximum atomic E-state index is 12.9. The molecule has 3 aromatic rings. The summed E-state index contributed by atoms with van der Waals surface area (Å²) in [6, 6.07) is 15.1. The Morgan fingerprint density at radius 3 is 2.21 bits per heavy atom. The van der Waals surface area contributed by atoms with Gasteiger partial charge >= 0.3 is 5.97 Å². The minimum absolute atomic E-state index is 0.0658. The third kappa shape index (κ3) is 5.50. The number of fused-ring (bicyclic) bond motifs is 1. The Bertz CT molecular complexity index is 1250. The Labute approximate surface area is 197 Å². The van der Waals surface area contributed by atoms with Crippen molar-refractivity contribution >= 4 is 40.1 Å². The van der Waals surface area contributed by atoms with Crippen LogP contribution in [-0.2, 0) is 11.2 Å². The fourth-order valence-electron chi connectivity index (χ4n) is 3.64. The molecule has 0 aliphatic heterocycles. The largest absolute Gasteiger partial charge is 0.423 e. The summed E-state index contributed by atoms with van der Waals surface area (Å²) in [6.07, 6.45) is 1.72. The number of carbonyl (C=O) groups excluding carboxylic acids is 2. The summed E-state index contributed by atoms with van der Waals surface area (Å²) in [6.45, 7) is 2.66. The standard InChI is InChI=1S/C25H28N6O3/c1-2-3-12-31(25(29)30)18-8-4-15(5-9-18)24(33)34-21-11-7-16-13-17(23(27)28)6-10-19(16)20(21)14-22(26)32/h4-11,13H,2-3,12,14H2,1H3,(H2,26,32)(H3,27,28)(H3,29,30). The lowest BCUT2D eigenvalue weighted by atomic mass is 9.98. The molecule has 0 bridgehead atoms. The summed E-state index contributed by atoms with van der Waals surface area (Å²) in [4.78, 5) is 26.2. The molecule has 0 aliphatic rings. The van der Waals surface area contributed by atoms with Gasteiger partial charge in [0, 0.05) is 23.4 Å². The van der Waals surface area contributed by atoms with Crippen LogP contribution in [-0.4, -0.2) is 30.2 Å². The molecule has 0 aromatic heterocycles. The first-order chi connectivity index (χ1) is 16.2. The number of nitrogens with one attached hydrogen (secondary N) is 2. The fourth-order valence-corrected chi connectivity index (χ4v) is 3.64. The lowest BCUT2D eigenvalue weighted by molar-refractivity contribution is -0.117. The van der Waals surface area contributed by atoms with E-state index < -0.39 is 11.9 Å². The van der Waals surface area contributed by atoms with Gasteiger partial charge in [0.15, 0.2) is 5.96 Å². The molecule has 0 saturated heterocycles. The SMILES string of the molecule is CCCCN(C(=N)N)c1ccc(C(=O)Oc2ccc3cc(C(=N)N)ccc3c2CC(N)=O)cc1. The van der Waals surface area contributed by atoms with Crippen molar-refractivity contribution in [3.05, 3.63) is 71.3 Å². The van der Waals surface area contributed by atoms with Crippen LogP contribution in [0.5, 0.6) is 5.75 Å². The molecule has 9 heteroatoms. The van der Waals surface area contributed by atoms with Crippen LogP contribution in [0, 0.1) is 10.8 Å². The Kier molecular flexibility index (Phi) is 7.47. The normalized spacial score (nSPS) is 10.6. The van der Waals surface area contributed by atoms with E-state index in [2.05, 4.69) is 6.92 Å². The summed E-state index contributed by atoms with van der Waals surface area (Å²) in [7, 11) is 0. The molecule has 3 rings (SSSR count). The topological polar surface area (TPSA) is 172 Å². The first kappa shape index (κ1) is 24.2. The van der Waals surface area contributed by atoms with E-state index in [0.29, 0.717) is 34.3 Å². The molecule has 0 radical (unpaired) electrons. The second kappa shape index (κ2) is 10.5. The van der Waals surface area contributed by atoms with Gasteiger partial charge in [0.25, 0.3) is 0 Å². The van der Waals surface area contributed by atoms with Gasteiger partial charge in [0.2, 0.25) is 5.91 Å². The van der Waals surface area contributed by atoms with Gasteiger partial charge < -0.3 is 26.8 Å². The Morgan fingerprint density at radius 2 is 1.62 bits per heavy atom. The number of carbonyl (C=O) groups is 2. The molecule has 0 aliphatic carbocycles. The van der Waals surface area contributed by atoms with Gasteiger partial charge in [-0.2, -0.15) is 0 Å². The Morgan fingerprint density at radius 1 is 0.941 bits per heavy atom. The van der Waals surface area contributed by atoms with Crippen molar-refractivity contribution in [2.24, 2.45) is 17.2 Å². The van der Waals surface area contributed by atoms with Gasteiger partial charge in [-0.25, -0.2) is 4.79 Å². The lowest BCUT2D eigenvalue weighted by Gasteiger charge is -2.22. The molecular weight excluding hydrogens is 432 g/mol. The van der Waals surface area contributed by atoms with Gasteiger partial charge in [0.1, 0.15) is 11.6 Å². The summed E-state index contributed by atoms with van der Waals surface area (Å²) >= 11 is 0. The van der Waals surface area contributed by atoms with E-state index in [0.717, 1.165) is 18.2 Å². The molecule has 0 heterocycles. The van der Waals surface area contributed by atoms with Crippen molar-refractivity contribution in [2.45, 2.75) is 26.2 Å². The van der Waals surface area contributed by atoms with Gasteiger partial charge in [-0.1, -0.05) is 31.5 Å². The number of nitrogen functional groups attached to an aromatic ring is 1. The molecule has 34 heavy (non-hydrogen) atoms. The van der Waals surface area contributed by atoms with Crippen LogP contribution in [0.2, 0.25) is 0 Å². The number of anilines is 1. The summed E-state index contributed by atoms with van der Waals surface area (Å²) in [5.74, 6) is -1.08. The quantitative estimate of drug-likeness (QED) is 0.142. The van der Waals surface area contributed by atoms with Crippen LogP contribution < -0.4 is 26.8 Å². The van der Waals surface area contributed by atoms with Crippen LogP contribution in [0.3, 0.4) is 0 Å². The molecule has 0 atom stereocenters. The Balaban J connectivity index is 1.90. The highest BCUT2D eigenvalue weighted by Crippen LogP contribution is 2.30. The van der Waals surface area contributed by atoms with Crippen molar-refractivity contribution < 1.29 is 14.3 Å². The van der Waals surface area contributed by atoms with Crippen molar-refractivity contribution in [1.29, 1.82) is 10.8 Å². The van der Waals surface area contributed by atoms with Crippen molar-refractivity contribution in [2.75, 3.05) is 11.4 Å². The molecule has 9 nitrogen and oxygen atoms in total. The van der Waals surface area contributed by atoms with Gasteiger partial charge in [-0.15, -0.1) is 0 Å². The minimum atomic E-state index is -0.597. The number of hydrogen-bond donors (Lipinski definition) is 5. The first-order valence-corrected chi connectivity index (χ1v) is 10.8. The first-order valence-electron chi connectivity index (χ1n) is 10.8. The number of esters is 1. The minimum Gasteiger partial charge on any atom is -0.423 e. The molecule has 3 aromatic carbocycles. The molecular formula is C25H28N6O3. The van der Waals surface area contributed by atoms with E-state index in [4.69, 9.17) is 32.8 Å². The van der Waals surface area contributed by atoms with E-state index in [-0.39, 0.29) is 24.0 Å². The zero-order valence-electron chi connectivity index (χ0n) is 18.9. The number of benzene rings is 3. The smallest absolute Gasteiger partial charge is 0.343 e. The summed E-state index contributed by atoms with van der Waals surface area (Å²) < 4.78 is 5.64. The molecule has 8 N–H and O–H groups in total. The number of amides is 1. The number of unbranched alkanes of at least 4 members (excludes halogenated alkanes) is 1. The maximum Gasteiger partial charge on any atom is 0.343 e. The average Bonchev–Trinajstić information content (AvgIpc) is 2.80. The molecule has 0 unspecified atom stereocenters. The Hall–Kier alpha value is -4.40. The second-order valence-electron chi connectivity index (χ2n) is 7.86. The van der Waals surface area contributed by atoms with Gasteiger partial charge in [-0.05, 0) is 53.6 Å². The van der Waals surface area contributed by atoms with E-state index >= 15 is 0 Å². The number of nitrogens with two attached hydrogens (primary N) is 3. The molecule has 0 fully saturated rings. The maximum absolute atomic E-state index is 12.9. The van der Waals surface area contributed by atoms with Gasteiger partial charge in [0.05, 0.1) is 12.0 Å². The highest BCUT2D eigenvalue weighted by atomic mass is 16.5. The number of nitrogens with zero attached hydrogens (tertiary/aromatic N) is 1. The lowest BCUT2D eigenvalue weighted by Crippen LogP contribution is -2.37. The van der Waals surface area contributed by atoms with Crippen LogP contribution in [0.4, 0.5) is 5.69 Å². The predicted octanol–water partition coefficient (Wildman–Crippen LogP) is 2.87. The summed E-state index contributed by atoms with van der Waals surface area (Å²) in [5.41, 5.74) is 18.7. The van der Waals surface area contributed by atoms with Crippen LogP contribution in [0.15, 0.2) is 54.6 Å². The average molecular weight is 461 g/mol. The van der Waals surface area contributed by atoms with Crippen molar-refractivity contribution in [3.63, 3.8) is 0 Å². The molecule has 1 amide bonds. The van der Waals surface area contributed by atoms with Crippen LogP contribution in [0.1, 0.15) is 41.3 Å². The van der Waals surface area contributed by atoms with Crippen molar-refractivity contribution in [3.8, 4) is 5.75 Å². The summed E-state index contributed by atoms with van der Waals surface area (Å²) in [5, 5.41) is 16.8. The van der Waals surface area contributed by atoms with Crippen molar-refractivity contribution in [1.82, 2.24) is 0 Å². The van der Waals surface area contributed by atoms with Crippen LogP contribution >= 0.6 is 0 Å². The molecule has 176 valence electrons. The van der Waals surface area contributed by atoms with Crippen LogP contribution in [0.25, 0.3) is 10.8 Å². The van der Waals surface area contributed by atoms with Gasteiger partial charge in [-0.3, -0.25) is 15.6 Å². The zero-order chi connectivity index (χ0) is 24.8. The third-order valence-corrected chi connectivity index (χ3v) is 5.39. The highest BCUT2D eigenvalue weighted by molar-refractivity contribution is 6.01. The molecule has 0 saturated carbocycles. The number of rotatable bonds is 9. The number of guanidine groups is 1. The number of ether oxygens (including phenoxy) is 1. The van der Waals surface area contributed by atoms with E-state index in [9.17, 15) is 9.59 Å². The zero-order valence-corrected chi connectivity index (χ0v) is 18.9. The number of amidine groups is 1. The third-order valence-electron chi connectivity index (χ3n) is 5.39. The predicted molar refractivity (Wildman–Crippen MR) is 133 cm³/mol. The second-order valence-corrected chi connectivity index (χ2v) is 7.86. The fraction of sp³-hybridized carbons (Fsp3) is 0.200. The van der Waals surface area contributed by atoms with E-state index in [1.807, 2.05) is 0 Å². The van der Waals surface area contributed by atoms with E-state index in [1.165, 1.54) is 0 Å². The molecule has 0 spiro atoms.